The van der Waals surface area contributed by atoms with Gasteiger partial charge in [-0.1, -0.05) is 12.1 Å². The van der Waals surface area contributed by atoms with Gasteiger partial charge in [-0.15, -0.1) is 0 Å². The van der Waals surface area contributed by atoms with Crippen LogP contribution in [0.5, 0.6) is 5.75 Å². The van der Waals surface area contributed by atoms with Crippen LogP contribution < -0.4 is 10.2 Å². The van der Waals surface area contributed by atoms with Crippen molar-refractivity contribution in [2.75, 3.05) is 0 Å². The molecule has 1 N–H and O–H groups in total. The van der Waals surface area contributed by atoms with Crippen LogP contribution in [0.15, 0.2) is 24.3 Å². The van der Waals surface area contributed by atoms with Crippen LogP contribution in [0.1, 0.15) is 41.5 Å². The predicted molar refractivity (Wildman–Crippen MR) is 84.0 cm³/mol. The molecule has 0 saturated carbocycles. The molecule has 1 fully saturated rings. The Morgan fingerprint density at radius 3 is 1.83 bits per heavy atom. The van der Waals surface area contributed by atoms with Crippen LogP contribution in [0.3, 0.4) is 0 Å². The van der Waals surface area contributed by atoms with Crippen molar-refractivity contribution in [3.05, 3.63) is 24.3 Å². The highest BCUT2D eigenvalue weighted by atomic mass is 19.3. The molecule has 7 heteroatoms. The summed E-state index contributed by atoms with van der Waals surface area (Å²) in [5.74, 6) is -0.0441. The van der Waals surface area contributed by atoms with Gasteiger partial charge in [-0.05, 0) is 59.1 Å². The van der Waals surface area contributed by atoms with E-state index in [0.717, 1.165) is 13.8 Å². The van der Waals surface area contributed by atoms with Gasteiger partial charge in [-0.3, -0.25) is 0 Å². The maximum Gasteiger partial charge on any atom is 0.494 e. The topological polar surface area (TPSA) is 47.9 Å². The van der Waals surface area contributed by atoms with E-state index in [-0.39, 0.29) is 5.75 Å². The van der Waals surface area contributed by atoms with Crippen LogP contribution >= 0.6 is 0 Å². The van der Waals surface area contributed by atoms with E-state index in [4.69, 9.17) is 9.31 Å². The molecule has 1 aliphatic rings. The van der Waals surface area contributed by atoms with Crippen LogP contribution in [-0.2, 0) is 9.31 Å². The molecule has 1 heterocycles. The molecule has 2 rings (SSSR count). The van der Waals surface area contributed by atoms with Crippen molar-refractivity contribution in [2.24, 2.45) is 0 Å². The Morgan fingerprint density at radius 2 is 1.43 bits per heavy atom. The lowest BCUT2D eigenvalue weighted by Gasteiger charge is -2.32. The Balaban J connectivity index is 2.13. The standard InChI is InChI=1S/C16H23BF2O4/c1-13(2,20)16(18,19)21-12-9-7-11(8-10-12)17-22-14(3,4)15(5,6)23-17/h7-10,20H,1-6H3. The van der Waals surface area contributed by atoms with Crippen molar-refractivity contribution >= 4 is 12.6 Å². The molecular formula is C16H23BF2O4. The normalized spacial score (nSPS) is 20.7. The largest absolute Gasteiger partial charge is 0.494 e. The maximum atomic E-state index is 13.7. The quantitative estimate of drug-likeness (QED) is 0.864. The number of rotatable bonds is 4. The highest BCUT2D eigenvalue weighted by Crippen LogP contribution is 2.36. The molecule has 0 aliphatic carbocycles. The summed E-state index contributed by atoms with van der Waals surface area (Å²) in [5, 5.41) is 9.43. The van der Waals surface area contributed by atoms with Gasteiger partial charge >= 0.3 is 13.2 Å². The lowest BCUT2D eigenvalue weighted by Crippen LogP contribution is -2.47. The van der Waals surface area contributed by atoms with Crippen molar-refractivity contribution < 1.29 is 27.9 Å². The monoisotopic (exact) mass is 328 g/mol. The van der Waals surface area contributed by atoms with E-state index in [9.17, 15) is 13.9 Å². The number of hydrogen-bond donors (Lipinski definition) is 1. The zero-order chi connectivity index (χ0) is 17.7. The van der Waals surface area contributed by atoms with Crippen molar-refractivity contribution in [1.82, 2.24) is 0 Å². The first kappa shape index (κ1) is 18.2. The molecule has 1 aromatic carbocycles. The average molecular weight is 328 g/mol. The first-order chi connectivity index (χ1) is 10.3. The van der Waals surface area contributed by atoms with E-state index < -0.39 is 30.0 Å². The highest BCUT2D eigenvalue weighted by Gasteiger charge is 2.52. The summed E-state index contributed by atoms with van der Waals surface area (Å²) in [4.78, 5) is 0. The first-order valence-corrected chi connectivity index (χ1v) is 7.50. The molecular weight excluding hydrogens is 305 g/mol. The summed E-state index contributed by atoms with van der Waals surface area (Å²) < 4.78 is 43.8. The second-order valence-electron chi connectivity index (χ2n) is 7.34. The van der Waals surface area contributed by atoms with Gasteiger partial charge in [0.2, 0.25) is 0 Å². The van der Waals surface area contributed by atoms with Crippen LogP contribution in [0.4, 0.5) is 8.78 Å². The Hall–Kier alpha value is -1.18. The van der Waals surface area contributed by atoms with Gasteiger partial charge in [0.05, 0.1) is 11.2 Å². The van der Waals surface area contributed by atoms with Gasteiger partial charge in [0.15, 0.2) is 5.60 Å². The van der Waals surface area contributed by atoms with Crippen molar-refractivity contribution in [3.8, 4) is 5.75 Å². The molecule has 1 aliphatic heterocycles. The van der Waals surface area contributed by atoms with Crippen LogP contribution in [0.2, 0.25) is 0 Å². The number of halogens is 2. The second kappa shape index (κ2) is 5.43. The second-order valence-corrected chi connectivity index (χ2v) is 7.34. The summed E-state index contributed by atoms with van der Waals surface area (Å²) in [6.07, 6.45) is -3.70. The van der Waals surface area contributed by atoms with Crippen molar-refractivity contribution in [3.63, 3.8) is 0 Å². The molecule has 1 saturated heterocycles. The summed E-state index contributed by atoms with van der Waals surface area (Å²) >= 11 is 0. The maximum absolute atomic E-state index is 13.7. The van der Waals surface area contributed by atoms with Gasteiger partial charge in [-0.25, -0.2) is 0 Å². The fourth-order valence-electron chi connectivity index (χ4n) is 1.95. The lowest BCUT2D eigenvalue weighted by atomic mass is 9.79. The fourth-order valence-corrected chi connectivity index (χ4v) is 1.95. The molecule has 0 atom stereocenters. The SMILES string of the molecule is CC(C)(O)C(F)(F)Oc1ccc(B2OC(C)(C)C(C)(C)O2)cc1. The van der Waals surface area contributed by atoms with Gasteiger partial charge in [-0.2, -0.15) is 8.78 Å². The minimum atomic E-state index is -3.70. The van der Waals surface area contributed by atoms with E-state index in [1.807, 2.05) is 27.7 Å². The molecule has 0 unspecified atom stereocenters. The van der Waals surface area contributed by atoms with Crippen LogP contribution in [-0.4, -0.2) is 35.1 Å². The van der Waals surface area contributed by atoms with Gasteiger partial charge in [0.25, 0.3) is 0 Å². The van der Waals surface area contributed by atoms with Crippen molar-refractivity contribution in [1.29, 1.82) is 0 Å². The van der Waals surface area contributed by atoms with E-state index in [1.54, 1.807) is 12.1 Å². The minimum Gasteiger partial charge on any atom is -0.430 e. The third-order valence-corrected chi connectivity index (χ3v) is 4.36. The molecule has 128 valence electrons. The summed E-state index contributed by atoms with van der Waals surface area (Å²) in [5.41, 5.74) is -2.51. The van der Waals surface area contributed by atoms with Gasteiger partial charge in [0.1, 0.15) is 5.75 Å². The number of alkyl halides is 2. The Labute approximate surface area is 135 Å². The van der Waals surface area contributed by atoms with E-state index in [1.165, 1.54) is 12.1 Å². The summed E-state index contributed by atoms with van der Waals surface area (Å²) in [6.45, 7) is 9.74. The number of ether oxygens (including phenoxy) is 1. The molecule has 1 aromatic rings. The van der Waals surface area contributed by atoms with Crippen molar-refractivity contribution in [2.45, 2.75) is 64.5 Å². The average Bonchev–Trinajstić information content (AvgIpc) is 2.57. The Kier molecular flexibility index (Phi) is 4.29. The van der Waals surface area contributed by atoms with E-state index in [2.05, 4.69) is 4.74 Å². The first-order valence-electron chi connectivity index (χ1n) is 7.50. The molecule has 4 nitrogen and oxygen atoms in total. The third kappa shape index (κ3) is 3.51. The molecule has 0 spiro atoms. The molecule has 0 bridgehead atoms. The minimum absolute atomic E-state index is 0.0441. The zero-order valence-electron chi connectivity index (χ0n) is 14.3. The Bertz CT molecular complexity index is 548. The molecule has 0 amide bonds. The smallest absolute Gasteiger partial charge is 0.430 e. The van der Waals surface area contributed by atoms with Gasteiger partial charge < -0.3 is 19.2 Å². The van der Waals surface area contributed by atoms with E-state index in [0.29, 0.717) is 5.46 Å². The lowest BCUT2D eigenvalue weighted by molar-refractivity contribution is -0.276. The number of benzene rings is 1. The highest BCUT2D eigenvalue weighted by molar-refractivity contribution is 6.62. The molecule has 0 aromatic heterocycles. The number of hydrogen-bond acceptors (Lipinski definition) is 4. The number of aliphatic hydroxyl groups is 1. The molecule has 0 radical (unpaired) electrons. The summed E-state index contributed by atoms with van der Waals surface area (Å²) in [7, 11) is -0.566. The summed E-state index contributed by atoms with van der Waals surface area (Å²) in [6, 6.07) is 6.02. The van der Waals surface area contributed by atoms with Gasteiger partial charge in [0, 0.05) is 0 Å². The zero-order valence-corrected chi connectivity index (χ0v) is 14.3. The van der Waals surface area contributed by atoms with E-state index >= 15 is 0 Å². The predicted octanol–water partition coefficient (Wildman–Crippen LogP) is 2.73. The third-order valence-electron chi connectivity index (χ3n) is 4.36. The Morgan fingerprint density at radius 1 is 1.00 bits per heavy atom. The van der Waals surface area contributed by atoms with Crippen LogP contribution in [0.25, 0.3) is 0 Å². The van der Waals surface area contributed by atoms with Crippen LogP contribution in [0, 0.1) is 0 Å². The molecule has 23 heavy (non-hydrogen) atoms. The fraction of sp³-hybridized carbons (Fsp3) is 0.625.